The number of hydrogen-bond acceptors (Lipinski definition) is 6. The second-order valence-corrected chi connectivity index (χ2v) is 7.04. The highest BCUT2D eigenvalue weighted by molar-refractivity contribution is 8.27. The van der Waals surface area contributed by atoms with Crippen LogP contribution in [0.1, 0.15) is 11.1 Å². The molecule has 2 aromatic carbocycles. The maximum absolute atomic E-state index is 12.7. The number of rotatable bonds is 3. The minimum atomic E-state index is -0.676. The summed E-state index contributed by atoms with van der Waals surface area (Å²) in [4.78, 5) is 24.7. The van der Waals surface area contributed by atoms with E-state index in [1.54, 1.807) is 6.07 Å². The predicted octanol–water partition coefficient (Wildman–Crippen LogP) is 4.01. The van der Waals surface area contributed by atoms with Crippen LogP contribution in [0, 0.1) is 17.0 Å². The van der Waals surface area contributed by atoms with Crippen molar-refractivity contribution >= 4 is 51.7 Å². The lowest BCUT2D eigenvalue weighted by Crippen LogP contribution is -2.27. The van der Waals surface area contributed by atoms with Gasteiger partial charge in [0.1, 0.15) is 0 Å². The molecule has 8 heteroatoms. The van der Waals surface area contributed by atoms with Crippen LogP contribution in [0.25, 0.3) is 6.08 Å². The standard InChI is InChI=1S/C17H12N2O4S2/c1-10-3-2-4-12(7-10)18-16(21)15(25-17(18)24)9-11-5-6-14(20)13(8-11)19(22)23/h2-9,20H,1H3/b15-9-. The van der Waals surface area contributed by atoms with Gasteiger partial charge in [-0.2, -0.15) is 0 Å². The summed E-state index contributed by atoms with van der Waals surface area (Å²) in [6, 6.07) is 11.4. The minimum Gasteiger partial charge on any atom is -0.502 e. The monoisotopic (exact) mass is 372 g/mol. The molecule has 1 fully saturated rings. The lowest BCUT2D eigenvalue weighted by molar-refractivity contribution is -0.385. The van der Waals surface area contributed by atoms with Gasteiger partial charge in [-0.15, -0.1) is 0 Å². The van der Waals surface area contributed by atoms with E-state index in [2.05, 4.69) is 0 Å². The van der Waals surface area contributed by atoms with Crippen molar-refractivity contribution in [1.29, 1.82) is 0 Å². The highest BCUT2D eigenvalue weighted by atomic mass is 32.2. The first-order chi connectivity index (χ1) is 11.9. The number of hydrogen-bond donors (Lipinski definition) is 1. The van der Waals surface area contributed by atoms with Crippen LogP contribution in [0.2, 0.25) is 0 Å². The summed E-state index contributed by atoms with van der Waals surface area (Å²) >= 11 is 6.44. The third-order valence-electron chi connectivity index (χ3n) is 3.55. The molecule has 1 amide bonds. The normalized spacial score (nSPS) is 15.9. The molecule has 0 radical (unpaired) electrons. The molecule has 3 rings (SSSR count). The van der Waals surface area contributed by atoms with Crippen LogP contribution in [-0.4, -0.2) is 20.3 Å². The molecule has 1 aliphatic heterocycles. The zero-order valence-corrected chi connectivity index (χ0v) is 14.6. The molecule has 0 aliphatic carbocycles. The number of thioether (sulfide) groups is 1. The molecule has 0 saturated carbocycles. The van der Waals surface area contributed by atoms with E-state index >= 15 is 0 Å². The SMILES string of the molecule is Cc1cccc(N2C(=O)/C(=C/c3ccc(O)c([N+](=O)[O-])c3)SC2=S)c1. The molecule has 0 atom stereocenters. The molecule has 0 aromatic heterocycles. The summed E-state index contributed by atoms with van der Waals surface area (Å²) in [5.41, 5.74) is 1.71. The van der Waals surface area contributed by atoms with Crippen LogP contribution >= 0.6 is 24.0 Å². The number of aromatic hydroxyl groups is 1. The number of aryl methyl sites for hydroxylation is 1. The molecule has 0 unspecified atom stereocenters. The molecule has 1 aliphatic rings. The molecule has 1 N–H and O–H groups in total. The molecule has 6 nitrogen and oxygen atoms in total. The van der Waals surface area contributed by atoms with Crippen LogP contribution in [0.5, 0.6) is 5.75 Å². The van der Waals surface area contributed by atoms with Crippen molar-refractivity contribution in [3.63, 3.8) is 0 Å². The van der Waals surface area contributed by atoms with Gasteiger partial charge in [-0.3, -0.25) is 19.8 Å². The molecule has 0 bridgehead atoms. The molecule has 25 heavy (non-hydrogen) atoms. The van der Waals surface area contributed by atoms with Crippen LogP contribution in [0.15, 0.2) is 47.4 Å². The Morgan fingerprint density at radius 3 is 2.72 bits per heavy atom. The topological polar surface area (TPSA) is 83.7 Å². The van der Waals surface area contributed by atoms with Crippen LogP contribution in [0.4, 0.5) is 11.4 Å². The second-order valence-electron chi connectivity index (χ2n) is 5.36. The van der Waals surface area contributed by atoms with Gasteiger partial charge in [-0.1, -0.05) is 42.2 Å². The number of benzene rings is 2. The number of phenols is 1. The Morgan fingerprint density at radius 2 is 2.04 bits per heavy atom. The second kappa shape index (κ2) is 6.66. The smallest absolute Gasteiger partial charge is 0.311 e. The van der Waals surface area contributed by atoms with E-state index in [4.69, 9.17) is 12.2 Å². The van der Waals surface area contributed by atoms with Gasteiger partial charge in [0, 0.05) is 6.07 Å². The van der Waals surface area contributed by atoms with Gasteiger partial charge in [-0.05, 0) is 42.3 Å². The van der Waals surface area contributed by atoms with Crippen LogP contribution in [-0.2, 0) is 4.79 Å². The van der Waals surface area contributed by atoms with E-state index in [1.165, 1.54) is 29.2 Å². The highest BCUT2D eigenvalue weighted by Crippen LogP contribution is 2.37. The third-order valence-corrected chi connectivity index (χ3v) is 4.85. The Morgan fingerprint density at radius 1 is 1.28 bits per heavy atom. The van der Waals surface area contributed by atoms with Crippen LogP contribution < -0.4 is 4.90 Å². The first kappa shape index (κ1) is 17.1. The van der Waals surface area contributed by atoms with E-state index in [0.29, 0.717) is 20.5 Å². The van der Waals surface area contributed by atoms with E-state index in [0.717, 1.165) is 17.3 Å². The number of nitrogens with zero attached hydrogens (tertiary/aromatic N) is 2. The average Bonchev–Trinajstić information content (AvgIpc) is 2.83. The van der Waals surface area contributed by atoms with Gasteiger partial charge in [0.05, 0.1) is 15.5 Å². The zero-order chi connectivity index (χ0) is 18.1. The summed E-state index contributed by atoms with van der Waals surface area (Å²) in [6.45, 7) is 1.92. The molecule has 126 valence electrons. The fourth-order valence-electron chi connectivity index (χ4n) is 2.39. The molecule has 1 heterocycles. The Bertz CT molecular complexity index is 940. The van der Waals surface area contributed by atoms with Crippen molar-refractivity contribution in [3.05, 3.63) is 68.6 Å². The molecular formula is C17H12N2O4S2. The number of thiocarbonyl (C=S) groups is 1. The summed E-state index contributed by atoms with van der Waals surface area (Å²) in [5, 5.41) is 20.4. The van der Waals surface area contributed by atoms with Crippen molar-refractivity contribution in [1.82, 2.24) is 0 Å². The number of nitro benzene ring substituents is 1. The fourth-order valence-corrected chi connectivity index (χ4v) is 3.68. The van der Waals surface area contributed by atoms with Gasteiger partial charge in [0.25, 0.3) is 5.91 Å². The van der Waals surface area contributed by atoms with Gasteiger partial charge < -0.3 is 5.11 Å². The fraction of sp³-hybridized carbons (Fsp3) is 0.0588. The van der Waals surface area contributed by atoms with E-state index in [9.17, 15) is 20.0 Å². The van der Waals surface area contributed by atoms with E-state index in [1.807, 2.05) is 25.1 Å². The number of nitro groups is 1. The Kier molecular flexibility index (Phi) is 4.56. The van der Waals surface area contributed by atoms with E-state index < -0.39 is 16.4 Å². The molecular weight excluding hydrogens is 360 g/mol. The van der Waals surface area contributed by atoms with Crippen molar-refractivity contribution in [2.75, 3.05) is 4.90 Å². The summed E-state index contributed by atoms with van der Waals surface area (Å²) in [6.07, 6.45) is 1.53. The van der Waals surface area contributed by atoms with Crippen molar-refractivity contribution < 1.29 is 14.8 Å². The van der Waals surface area contributed by atoms with Crippen LogP contribution in [0.3, 0.4) is 0 Å². The quantitative estimate of drug-likeness (QED) is 0.379. The summed E-state index contributed by atoms with van der Waals surface area (Å²) < 4.78 is 0.398. The first-order valence-corrected chi connectivity index (χ1v) is 8.41. The van der Waals surface area contributed by atoms with Crippen molar-refractivity contribution in [3.8, 4) is 5.75 Å². The minimum absolute atomic E-state index is 0.281. The maximum atomic E-state index is 12.7. The predicted molar refractivity (Wildman–Crippen MR) is 102 cm³/mol. The van der Waals surface area contributed by atoms with Crippen molar-refractivity contribution in [2.24, 2.45) is 0 Å². The number of phenolic OH excluding ortho intramolecular Hbond substituents is 1. The van der Waals surface area contributed by atoms with Gasteiger partial charge >= 0.3 is 5.69 Å². The lowest BCUT2D eigenvalue weighted by Gasteiger charge is -2.14. The largest absolute Gasteiger partial charge is 0.502 e. The summed E-state index contributed by atoms with van der Waals surface area (Å²) in [7, 11) is 0. The first-order valence-electron chi connectivity index (χ1n) is 7.19. The Hall–Kier alpha value is -2.71. The third kappa shape index (κ3) is 3.40. The van der Waals surface area contributed by atoms with E-state index in [-0.39, 0.29) is 5.91 Å². The number of carbonyl (C=O) groups excluding carboxylic acids is 1. The van der Waals surface area contributed by atoms with Gasteiger partial charge in [-0.25, -0.2) is 0 Å². The summed E-state index contributed by atoms with van der Waals surface area (Å²) in [5.74, 6) is -0.703. The number of amides is 1. The highest BCUT2D eigenvalue weighted by Gasteiger charge is 2.33. The Balaban J connectivity index is 1.96. The lowest BCUT2D eigenvalue weighted by atomic mass is 10.1. The van der Waals surface area contributed by atoms with Gasteiger partial charge in [0.15, 0.2) is 10.1 Å². The molecule has 1 saturated heterocycles. The number of carbonyl (C=O) groups is 1. The average molecular weight is 372 g/mol. The Labute approximate surface area is 152 Å². The zero-order valence-electron chi connectivity index (χ0n) is 13.0. The van der Waals surface area contributed by atoms with Gasteiger partial charge in [0.2, 0.25) is 0 Å². The maximum Gasteiger partial charge on any atom is 0.311 e. The molecule has 0 spiro atoms. The number of anilines is 1. The molecule has 2 aromatic rings. The van der Waals surface area contributed by atoms with Crippen molar-refractivity contribution in [2.45, 2.75) is 6.92 Å².